The summed E-state index contributed by atoms with van der Waals surface area (Å²) in [6, 6.07) is 6.78. The summed E-state index contributed by atoms with van der Waals surface area (Å²) in [6.07, 6.45) is 0.183. The summed E-state index contributed by atoms with van der Waals surface area (Å²) in [5, 5.41) is 2.74. The van der Waals surface area contributed by atoms with Gasteiger partial charge in [0, 0.05) is 35.6 Å². The molecule has 6 heteroatoms. The van der Waals surface area contributed by atoms with Crippen molar-refractivity contribution < 1.29 is 9.59 Å². The average molecular weight is 301 g/mol. The third-order valence-electron chi connectivity index (χ3n) is 3.60. The van der Waals surface area contributed by atoms with Crippen LogP contribution in [0.4, 0.5) is 5.69 Å². The van der Waals surface area contributed by atoms with Crippen molar-refractivity contribution >= 4 is 17.4 Å². The van der Waals surface area contributed by atoms with Gasteiger partial charge in [0.25, 0.3) is 0 Å². The van der Waals surface area contributed by atoms with Crippen molar-refractivity contribution in [1.29, 1.82) is 0 Å². The Morgan fingerprint density at radius 1 is 1.27 bits per heavy atom. The van der Waals surface area contributed by atoms with Gasteiger partial charge in [0.2, 0.25) is 5.91 Å². The Morgan fingerprint density at radius 2 is 2.00 bits per heavy atom. The largest absolute Gasteiger partial charge is 0.326 e. The Labute approximate surface area is 128 Å². The predicted octanol–water partition coefficient (Wildman–Crippen LogP) is 2.02. The molecule has 1 aromatic heterocycles. The molecule has 0 spiro atoms. The van der Waals surface area contributed by atoms with Crippen molar-refractivity contribution in [3.05, 3.63) is 51.7 Å². The number of carbonyl (C=O) groups excluding carboxylic acids is 2. The zero-order valence-corrected chi connectivity index (χ0v) is 12.9. The molecule has 6 nitrogen and oxygen atoms in total. The highest BCUT2D eigenvalue weighted by molar-refractivity contribution is 5.97. The van der Waals surface area contributed by atoms with Gasteiger partial charge < -0.3 is 10.3 Å². The standard InChI is InChI=1S/C16H19N3O3/c1-10-11(2)19(16(22)17-10)8-7-15(21)18-14-6-4-5-13(9-14)12(3)20/h4-6,9H,7-8H2,1-3H3,(H,17,22)(H,18,21). The van der Waals surface area contributed by atoms with E-state index in [9.17, 15) is 14.4 Å². The maximum absolute atomic E-state index is 12.0. The number of H-pyrrole nitrogens is 1. The molecule has 0 aliphatic carbocycles. The summed E-state index contributed by atoms with van der Waals surface area (Å²) >= 11 is 0. The lowest BCUT2D eigenvalue weighted by atomic mass is 10.1. The Bertz CT molecular complexity index is 771. The fourth-order valence-electron chi connectivity index (χ4n) is 2.20. The fraction of sp³-hybridized carbons (Fsp3) is 0.312. The maximum Gasteiger partial charge on any atom is 0.325 e. The summed E-state index contributed by atoms with van der Waals surface area (Å²) in [4.78, 5) is 37.7. The molecule has 2 N–H and O–H groups in total. The SMILES string of the molecule is CC(=O)c1cccc(NC(=O)CCn2c(C)c(C)[nH]c2=O)c1. The van der Waals surface area contributed by atoms with Crippen molar-refractivity contribution in [1.82, 2.24) is 9.55 Å². The Kier molecular flexibility index (Phi) is 4.60. The van der Waals surface area contributed by atoms with E-state index in [4.69, 9.17) is 0 Å². The highest BCUT2D eigenvalue weighted by Crippen LogP contribution is 2.11. The first-order chi connectivity index (χ1) is 10.4. The summed E-state index contributed by atoms with van der Waals surface area (Å²) in [5.41, 5.74) is 2.55. The van der Waals surface area contributed by atoms with Crippen LogP contribution in [-0.2, 0) is 11.3 Å². The lowest BCUT2D eigenvalue weighted by Gasteiger charge is -2.07. The monoisotopic (exact) mass is 301 g/mol. The van der Waals surface area contributed by atoms with Gasteiger partial charge in [0.15, 0.2) is 5.78 Å². The number of aromatic nitrogens is 2. The Morgan fingerprint density at radius 3 is 2.59 bits per heavy atom. The lowest BCUT2D eigenvalue weighted by molar-refractivity contribution is -0.116. The Balaban J connectivity index is 2.00. The van der Waals surface area contributed by atoms with Crippen molar-refractivity contribution in [2.45, 2.75) is 33.7 Å². The number of benzene rings is 1. The quantitative estimate of drug-likeness (QED) is 0.829. The number of rotatable bonds is 5. The molecule has 2 rings (SSSR count). The molecule has 0 bridgehead atoms. The van der Waals surface area contributed by atoms with E-state index in [0.717, 1.165) is 11.4 Å². The average Bonchev–Trinajstić information content (AvgIpc) is 2.70. The van der Waals surface area contributed by atoms with Crippen LogP contribution >= 0.6 is 0 Å². The summed E-state index contributed by atoms with van der Waals surface area (Å²) in [6.45, 7) is 5.44. The van der Waals surface area contributed by atoms with E-state index < -0.39 is 0 Å². The topological polar surface area (TPSA) is 84.0 Å². The number of anilines is 1. The molecule has 22 heavy (non-hydrogen) atoms. The summed E-state index contributed by atoms with van der Waals surface area (Å²) in [7, 11) is 0. The van der Waals surface area contributed by atoms with E-state index in [0.29, 0.717) is 17.8 Å². The molecule has 0 aliphatic heterocycles. The van der Waals surface area contributed by atoms with Gasteiger partial charge in [-0.05, 0) is 32.9 Å². The summed E-state index contributed by atoms with van der Waals surface area (Å²) < 4.78 is 1.54. The third kappa shape index (κ3) is 3.52. The number of aromatic amines is 1. The van der Waals surface area contributed by atoms with Crippen LogP contribution in [0.5, 0.6) is 0 Å². The second kappa shape index (κ2) is 6.43. The second-order valence-electron chi connectivity index (χ2n) is 5.23. The van der Waals surface area contributed by atoms with Crippen molar-refractivity contribution in [3.63, 3.8) is 0 Å². The number of Topliss-reactive ketones (excluding diaryl/α,β-unsaturated/α-hetero) is 1. The normalized spacial score (nSPS) is 10.5. The fourth-order valence-corrected chi connectivity index (χ4v) is 2.20. The molecular weight excluding hydrogens is 282 g/mol. The first-order valence-electron chi connectivity index (χ1n) is 7.05. The number of hydrogen-bond acceptors (Lipinski definition) is 3. The second-order valence-corrected chi connectivity index (χ2v) is 5.23. The molecule has 0 radical (unpaired) electrons. The van der Waals surface area contributed by atoms with Crippen LogP contribution in [0, 0.1) is 13.8 Å². The van der Waals surface area contributed by atoms with Gasteiger partial charge in [-0.1, -0.05) is 12.1 Å². The van der Waals surface area contributed by atoms with Crippen molar-refractivity contribution in [2.24, 2.45) is 0 Å². The zero-order chi connectivity index (χ0) is 16.3. The first-order valence-corrected chi connectivity index (χ1v) is 7.05. The van der Waals surface area contributed by atoms with E-state index in [2.05, 4.69) is 10.3 Å². The number of carbonyl (C=O) groups is 2. The van der Waals surface area contributed by atoms with Crippen LogP contribution in [0.2, 0.25) is 0 Å². The molecule has 1 aromatic carbocycles. The number of nitrogens with zero attached hydrogens (tertiary/aromatic N) is 1. The van der Waals surface area contributed by atoms with Gasteiger partial charge >= 0.3 is 5.69 Å². The van der Waals surface area contributed by atoms with Gasteiger partial charge in [-0.2, -0.15) is 0 Å². The number of aryl methyl sites for hydroxylation is 1. The number of ketones is 1. The minimum absolute atomic E-state index is 0.0546. The molecule has 0 fully saturated rings. The van der Waals surface area contributed by atoms with Gasteiger partial charge in [0.1, 0.15) is 0 Å². The van der Waals surface area contributed by atoms with E-state index in [1.54, 1.807) is 28.8 Å². The molecule has 0 saturated heterocycles. The summed E-state index contributed by atoms with van der Waals surface area (Å²) in [5.74, 6) is -0.257. The number of nitrogens with one attached hydrogen (secondary N) is 2. The van der Waals surface area contributed by atoms with Gasteiger partial charge in [-0.15, -0.1) is 0 Å². The number of hydrogen-bond donors (Lipinski definition) is 2. The van der Waals surface area contributed by atoms with Crippen LogP contribution in [0.25, 0.3) is 0 Å². The van der Waals surface area contributed by atoms with E-state index in [1.807, 2.05) is 13.8 Å². The van der Waals surface area contributed by atoms with Gasteiger partial charge in [-0.3, -0.25) is 14.2 Å². The van der Waals surface area contributed by atoms with Crippen LogP contribution < -0.4 is 11.0 Å². The first kappa shape index (κ1) is 15.8. The Hall–Kier alpha value is -2.63. The maximum atomic E-state index is 12.0. The predicted molar refractivity (Wildman–Crippen MR) is 84.2 cm³/mol. The third-order valence-corrected chi connectivity index (χ3v) is 3.60. The van der Waals surface area contributed by atoms with Crippen LogP contribution in [-0.4, -0.2) is 21.2 Å². The minimum atomic E-state index is -0.207. The highest BCUT2D eigenvalue weighted by Gasteiger charge is 2.09. The van der Waals surface area contributed by atoms with E-state index >= 15 is 0 Å². The molecule has 2 aromatic rings. The van der Waals surface area contributed by atoms with E-state index in [-0.39, 0.29) is 23.8 Å². The lowest BCUT2D eigenvalue weighted by Crippen LogP contribution is -2.22. The molecule has 0 atom stereocenters. The van der Waals surface area contributed by atoms with Crippen molar-refractivity contribution in [3.8, 4) is 0 Å². The molecule has 0 aliphatic rings. The minimum Gasteiger partial charge on any atom is -0.326 e. The smallest absolute Gasteiger partial charge is 0.325 e. The number of amides is 1. The van der Waals surface area contributed by atoms with Crippen molar-refractivity contribution in [2.75, 3.05) is 5.32 Å². The molecule has 0 saturated carbocycles. The van der Waals surface area contributed by atoms with Crippen LogP contribution in [0.1, 0.15) is 35.1 Å². The molecule has 0 unspecified atom stereocenters. The molecule has 116 valence electrons. The van der Waals surface area contributed by atoms with Gasteiger partial charge in [-0.25, -0.2) is 4.79 Å². The zero-order valence-electron chi connectivity index (χ0n) is 12.9. The van der Waals surface area contributed by atoms with E-state index in [1.165, 1.54) is 6.92 Å². The number of imidazole rings is 1. The highest BCUT2D eigenvalue weighted by atomic mass is 16.2. The molecule has 1 heterocycles. The molecular formula is C16H19N3O3. The molecule has 1 amide bonds. The van der Waals surface area contributed by atoms with Crippen LogP contribution in [0.15, 0.2) is 29.1 Å². The van der Waals surface area contributed by atoms with Crippen LogP contribution in [0.3, 0.4) is 0 Å². The van der Waals surface area contributed by atoms with Gasteiger partial charge in [0.05, 0.1) is 0 Å².